The molecule has 2 saturated heterocycles. The standard InChI is InChI=1S/C40H47N11O3/c1-7-50-34(20-26(3)43-50)37(52)41-39-45(5)31-15-9-10-16-32(31)47(39)18-11-12-19-48-36-28(23-49-29-22-30(49)25-54-24-29)14-13-17-33(36)46(6)40(48)42-38(53)35-21-27(4)44-51(35)8-2/h9-17,20-21,29-30H,7-8,18-19,22-25H2,1-6H3/b12-11+,41-39+,42-40+. The number of amides is 2. The van der Waals surface area contributed by atoms with Crippen LogP contribution in [0.4, 0.5) is 0 Å². The molecule has 2 aliphatic rings. The van der Waals surface area contributed by atoms with Crippen molar-refractivity contribution in [2.75, 3.05) is 13.2 Å². The number of carbonyl (C=O) groups is 2. The van der Waals surface area contributed by atoms with Crippen molar-refractivity contribution < 1.29 is 14.3 Å². The number of hydrogen-bond acceptors (Lipinski definition) is 6. The summed E-state index contributed by atoms with van der Waals surface area (Å²) in [7, 11) is 3.90. The Bertz CT molecular complexity index is 2570. The number of imidazole rings is 2. The summed E-state index contributed by atoms with van der Waals surface area (Å²) < 4.78 is 17.3. The van der Waals surface area contributed by atoms with E-state index in [-0.39, 0.29) is 11.8 Å². The van der Waals surface area contributed by atoms with E-state index in [1.807, 2.05) is 75.2 Å². The Kier molecular flexibility index (Phi) is 9.40. The second-order valence-corrected chi connectivity index (χ2v) is 14.2. The fraction of sp³-hybridized carbons (Fsp3) is 0.400. The van der Waals surface area contributed by atoms with Crippen molar-refractivity contribution in [3.8, 4) is 0 Å². The fourth-order valence-corrected chi connectivity index (χ4v) is 8.11. The Labute approximate surface area is 312 Å². The second-order valence-electron chi connectivity index (χ2n) is 14.2. The molecule has 6 aromatic rings. The van der Waals surface area contributed by atoms with E-state index in [0.29, 0.717) is 60.9 Å². The third-order valence-corrected chi connectivity index (χ3v) is 10.8. The molecule has 0 radical (unpaired) electrons. The highest BCUT2D eigenvalue weighted by Gasteiger charge is 2.42. The summed E-state index contributed by atoms with van der Waals surface area (Å²) in [6.45, 7) is 12.1. The first-order valence-electron chi connectivity index (χ1n) is 18.7. The number of carbonyl (C=O) groups excluding carboxylic acids is 2. The van der Waals surface area contributed by atoms with Crippen LogP contribution in [0.25, 0.3) is 22.1 Å². The van der Waals surface area contributed by atoms with Gasteiger partial charge in [-0.2, -0.15) is 20.2 Å². The van der Waals surface area contributed by atoms with Gasteiger partial charge in [-0.25, -0.2) is 0 Å². The second kappa shape index (κ2) is 14.3. The molecule has 4 aromatic heterocycles. The number of ether oxygens (including phenoxy) is 1. The van der Waals surface area contributed by atoms with Crippen molar-refractivity contribution in [3.63, 3.8) is 0 Å². The van der Waals surface area contributed by atoms with Crippen LogP contribution in [0.3, 0.4) is 0 Å². The maximum atomic E-state index is 13.8. The van der Waals surface area contributed by atoms with E-state index < -0.39 is 0 Å². The molecule has 2 aromatic carbocycles. The quantitative estimate of drug-likeness (QED) is 0.196. The number of fused-ring (bicyclic) bond motifs is 4. The van der Waals surface area contributed by atoms with Crippen molar-refractivity contribution in [2.24, 2.45) is 24.1 Å². The lowest BCUT2D eigenvalue weighted by Gasteiger charge is -2.52. The van der Waals surface area contributed by atoms with Crippen LogP contribution in [-0.4, -0.2) is 79.8 Å². The molecule has 2 amide bonds. The van der Waals surface area contributed by atoms with Gasteiger partial charge in [0.05, 0.1) is 46.7 Å². The topological polar surface area (TPSA) is 127 Å². The molecule has 0 N–H and O–H groups in total. The van der Waals surface area contributed by atoms with Crippen molar-refractivity contribution in [1.29, 1.82) is 0 Å². The summed E-state index contributed by atoms with van der Waals surface area (Å²) in [6, 6.07) is 18.8. The van der Waals surface area contributed by atoms with E-state index in [4.69, 9.17) is 9.73 Å². The summed E-state index contributed by atoms with van der Waals surface area (Å²) in [5.74, 6) is -0.674. The van der Waals surface area contributed by atoms with Gasteiger partial charge in [-0.15, -0.1) is 0 Å². The number of benzene rings is 2. The smallest absolute Gasteiger partial charge is 0.298 e. The monoisotopic (exact) mass is 729 g/mol. The number of morpholine rings is 1. The molecule has 8 rings (SSSR count). The number of rotatable bonds is 10. The van der Waals surface area contributed by atoms with E-state index in [2.05, 4.69) is 59.6 Å². The maximum Gasteiger partial charge on any atom is 0.298 e. The maximum absolute atomic E-state index is 13.8. The first kappa shape index (κ1) is 35.4. The fourth-order valence-electron chi connectivity index (χ4n) is 8.11. The minimum absolute atomic E-state index is 0.334. The van der Waals surface area contributed by atoms with E-state index >= 15 is 0 Å². The van der Waals surface area contributed by atoms with Gasteiger partial charge in [0.1, 0.15) is 11.4 Å². The molecule has 2 unspecified atom stereocenters. The van der Waals surface area contributed by atoms with E-state index in [1.54, 1.807) is 21.5 Å². The highest BCUT2D eigenvalue weighted by molar-refractivity contribution is 5.94. The molecule has 0 saturated carbocycles. The Hall–Kier alpha value is -5.60. The molecule has 2 bridgehead atoms. The van der Waals surface area contributed by atoms with Crippen LogP contribution in [0, 0.1) is 13.8 Å². The molecule has 2 fully saturated rings. The van der Waals surface area contributed by atoms with Crippen molar-refractivity contribution >= 4 is 33.9 Å². The number of allylic oxidation sites excluding steroid dienone is 2. The largest absolute Gasteiger partial charge is 0.378 e. The Morgan fingerprint density at radius 1 is 0.759 bits per heavy atom. The van der Waals surface area contributed by atoms with Crippen LogP contribution in [0.1, 0.15) is 58.2 Å². The zero-order valence-electron chi connectivity index (χ0n) is 31.8. The molecule has 2 atom stereocenters. The van der Waals surface area contributed by atoms with E-state index in [9.17, 15) is 9.59 Å². The van der Waals surface area contributed by atoms with Gasteiger partial charge < -0.3 is 23.0 Å². The minimum Gasteiger partial charge on any atom is -0.378 e. The molecule has 2 aliphatic heterocycles. The summed E-state index contributed by atoms with van der Waals surface area (Å²) >= 11 is 0. The van der Waals surface area contributed by atoms with Crippen LogP contribution in [0.5, 0.6) is 0 Å². The van der Waals surface area contributed by atoms with E-state index in [1.165, 1.54) is 12.0 Å². The lowest BCUT2D eigenvalue weighted by molar-refractivity contribution is -0.131. The van der Waals surface area contributed by atoms with Crippen LogP contribution >= 0.6 is 0 Å². The zero-order chi connectivity index (χ0) is 37.7. The molecule has 6 heterocycles. The SMILES string of the molecule is CCn1nc(C)cc1C(=O)/N=c1\n(C)c2ccccc2n1C/C=C/Cn1/c(=N/C(=O)c2cc(C)nn2CC)n(C)c2cccc(CN3C4COCC3C4)c21. The third-order valence-electron chi connectivity index (χ3n) is 10.8. The van der Waals surface area contributed by atoms with Gasteiger partial charge in [-0.3, -0.25) is 23.9 Å². The Morgan fingerprint density at radius 3 is 1.89 bits per heavy atom. The van der Waals surface area contributed by atoms with Gasteiger partial charge in [0.25, 0.3) is 11.8 Å². The van der Waals surface area contributed by atoms with Gasteiger partial charge >= 0.3 is 0 Å². The summed E-state index contributed by atoms with van der Waals surface area (Å²) in [5, 5.41) is 8.95. The minimum atomic E-state index is -0.339. The number of aromatic nitrogens is 8. The third kappa shape index (κ3) is 6.18. The number of hydrogen-bond donors (Lipinski definition) is 0. The average molecular weight is 730 g/mol. The van der Waals surface area contributed by atoms with Gasteiger partial charge in [0.2, 0.25) is 11.2 Å². The number of para-hydroxylation sites is 3. The lowest BCUT2D eigenvalue weighted by atomic mass is 9.90. The predicted molar refractivity (Wildman–Crippen MR) is 205 cm³/mol. The van der Waals surface area contributed by atoms with E-state index in [0.717, 1.165) is 53.2 Å². The number of nitrogens with zero attached hydrogens (tertiary/aromatic N) is 11. The highest BCUT2D eigenvalue weighted by atomic mass is 16.5. The molecule has 14 heteroatoms. The molecule has 0 spiro atoms. The summed E-state index contributed by atoms with van der Waals surface area (Å²) in [4.78, 5) is 39.3. The van der Waals surface area contributed by atoms with Crippen LogP contribution in [0.15, 0.2) is 76.7 Å². The Morgan fingerprint density at radius 2 is 1.30 bits per heavy atom. The van der Waals surface area contributed by atoms with Gasteiger partial charge in [0.15, 0.2) is 0 Å². The first-order chi connectivity index (χ1) is 26.2. The van der Waals surface area contributed by atoms with Crippen LogP contribution in [-0.2, 0) is 51.6 Å². The predicted octanol–water partition coefficient (Wildman–Crippen LogP) is 4.03. The molecular weight excluding hydrogens is 683 g/mol. The zero-order valence-corrected chi connectivity index (χ0v) is 31.8. The average Bonchev–Trinajstić information content (AvgIpc) is 3.91. The summed E-state index contributed by atoms with van der Waals surface area (Å²) in [6.07, 6.45) is 5.35. The molecule has 14 nitrogen and oxygen atoms in total. The first-order valence-corrected chi connectivity index (χ1v) is 18.7. The molecular formula is C40H47N11O3. The lowest BCUT2D eigenvalue weighted by Crippen LogP contribution is -2.62. The van der Waals surface area contributed by atoms with Crippen molar-refractivity contribution in [3.05, 3.63) is 106 Å². The van der Waals surface area contributed by atoms with Crippen LogP contribution < -0.4 is 11.2 Å². The van der Waals surface area contributed by atoms with Crippen LogP contribution in [0.2, 0.25) is 0 Å². The molecule has 0 aliphatic carbocycles. The van der Waals surface area contributed by atoms with Gasteiger partial charge in [-0.05, 0) is 70.0 Å². The molecule has 54 heavy (non-hydrogen) atoms. The van der Waals surface area contributed by atoms with Crippen molar-refractivity contribution in [1.82, 2.24) is 42.7 Å². The molecule has 280 valence electrons. The van der Waals surface area contributed by atoms with Crippen molar-refractivity contribution in [2.45, 2.75) is 78.9 Å². The highest BCUT2D eigenvalue weighted by Crippen LogP contribution is 2.33. The normalized spacial score (nSPS) is 18.1. The van der Waals surface area contributed by atoms with Gasteiger partial charge in [-0.1, -0.05) is 36.4 Å². The van der Waals surface area contributed by atoms with Gasteiger partial charge in [0, 0.05) is 58.9 Å². The Balaban J connectivity index is 1.19. The summed E-state index contributed by atoms with van der Waals surface area (Å²) in [5.41, 5.74) is 8.73. The number of aryl methyl sites for hydroxylation is 6.